The summed E-state index contributed by atoms with van der Waals surface area (Å²) in [5, 5.41) is 6.36. The van der Waals surface area contributed by atoms with Crippen molar-refractivity contribution in [1.82, 2.24) is 24.4 Å². The molecule has 1 aliphatic heterocycles. The molecule has 0 aliphatic carbocycles. The van der Waals surface area contributed by atoms with Gasteiger partial charge in [0.25, 0.3) is 5.91 Å². The van der Waals surface area contributed by atoms with Gasteiger partial charge in [-0.05, 0) is 67.9 Å². The topological polar surface area (TPSA) is 85.3 Å². The molecule has 0 spiro atoms. The minimum Gasteiger partial charge on any atom is -0.497 e. The quantitative estimate of drug-likeness (QED) is 0.182. The van der Waals surface area contributed by atoms with Crippen LogP contribution < -0.4 is 9.47 Å². The Kier molecular flexibility index (Phi) is 7.76. The molecule has 1 fully saturated rings. The highest BCUT2D eigenvalue weighted by atomic mass is 32.1. The fourth-order valence-electron chi connectivity index (χ4n) is 5.99. The molecule has 4 heterocycles. The molecule has 1 atom stereocenters. The molecule has 230 valence electrons. The van der Waals surface area contributed by atoms with E-state index in [4.69, 9.17) is 18.9 Å². The summed E-state index contributed by atoms with van der Waals surface area (Å²) in [5.41, 5.74) is 5.12. The van der Waals surface area contributed by atoms with Crippen LogP contribution in [0.5, 0.6) is 11.5 Å². The number of amides is 1. The van der Waals surface area contributed by atoms with Crippen LogP contribution in [0.15, 0.2) is 77.3 Å². The van der Waals surface area contributed by atoms with Gasteiger partial charge in [-0.3, -0.25) is 9.69 Å². The van der Waals surface area contributed by atoms with Gasteiger partial charge in [0.05, 0.1) is 13.3 Å². The van der Waals surface area contributed by atoms with Crippen LogP contribution in [0.25, 0.3) is 38.5 Å². The molecule has 10 heteroatoms. The number of ether oxygens (including phenoxy) is 2. The van der Waals surface area contributed by atoms with Crippen LogP contribution in [0.1, 0.15) is 34.8 Å². The largest absolute Gasteiger partial charge is 0.497 e. The van der Waals surface area contributed by atoms with E-state index in [1.165, 1.54) is 11.3 Å². The molecule has 0 unspecified atom stereocenters. The zero-order valence-electron chi connectivity index (χ0n) is 25.8. The molecule has 9 nitrogen and oxygen atoms in total. The van der Waals surface area contributed by atoms with E-state index < -0.39 is 0 Å². The summed E-state index contributed by atoms with van der Waals surface area (Å²) in [4.78, 5) is 23.1. The van der Waals surface area contributed by atoms with Crippen LogP contribution >= 0.6 is 11.3 Å². The zero-order valence-corrected chi connectivity index (χ0v) is 26.6. The Morgan fingerprint density at radius 3 is 2.64 bits per heavy atom. The molecule has 7 rings (SSSR count). The van der Waals surface area contributed by atoms with Crippen molar-refractivity contribution < 1.29 is 18.7 Å². The number of furan rings is 1. The first-order valence-corrected chi connectivity index (χ1v) is 16.0. The molecule has 1 aliphatic rings. The second-order valence-electron chi connectivity index (χ2n) is 11.4. The highest BCUT2D eigenvalue weighted by molar-refractivity contribution is 7.16. The lowest BCUT2D eigenvalue weighted by Crippen LogP contribution is -2.53. The molecule has 45 heavy (non-hydrogen) atoms. The number of carbonyl (C=O) groups is 1. The number of hydrogen-bond acceptors (Lipinski definition) is 8. The van der Waals surface area contributed by atoms with Gasteiger partial charge >= 0.3 is 0 Å². The third kappa shape index (κ3) is 5.79. The number of hydrogen-bond donors (Lipinski definition) is 0. The van der Waals surface area contributed by atoms with Crippen molar-refractivity contribution >= 4 is 33.2 Å². The maximum absolute atomic E-state index is 13.3. The zero-order chi connectivity index (χ0) is 31.1. The first-order valence-electron chi connectivity index (χ1n) is 15.2. The number of rotatable bonds is 8. The van der Waals surface area contributed by atoms with Crippen molar-refractivity contribution in [3.8, 4) is 34.1 Å². The first kappa shape index (κ1) is 29.1. The van der Waals surface area contributed by atoms with Gasteiger partial charge in [-0.2, -0.15) is 5.10 Å². The van der Waals surface area contributed by atoms with Crippen molar-refractivity contribution in [2.75, 3.05) is 33.3 Å². The van der Waals surface area contributed by atoms with Gasteiger partial charge in [0.2, 0.25) is 4.96 Å². The van der Waals surface area contributed by atoms with E-state index in [1.807, 2.05) is 84.8 Å². The third-order valence-corrected chi connectivity index (χ3v) is 9.28. The number of imidazole rings is 1. The van der Waals surface area contributed by atoms with E-state index in [1.54, 1.807) is 11.6 Å². The summed E-state index contributed by atoms with van der Waals surface area (Å²) in [5.74, 6) is 2.19. The van der Waals surface area contributed by atoms with Crippen LogP contribution in [0, 0.1) is 6.92 Å². The fourth-order valence-corrected chi connectivity index (χ4v) is 6.71. The molecular formula is C35H35N5O4S. The van der Waals surface area contributed by atoms with Crippen LogP contribution in [0.4, 0.5) is 0 Å². The standard InChI is InChI=1S/C35H35N5O4S/c1-5-38-13-14-39(22(2)19-38)34(41)25-11-9-24(10-12-25)26-7-6-8-28(15-26)43-21-27-16-29(42-4)17-32-30(27)18-33(44-32)31-20-40-35(36-31)45-23(3)37-40/h6-12,15-18,20,22H,5,13-14,19,21H2,1-4H3/t22-/m1/s1. The number of nitrogens with zero attached hydrogens (tertiary/aromatic N) is 5. The maximum Gasteiger partial charge on any atom is 0.254 e. The molecule has 0 saturated carbocycles. The Hall–Kier alpha value is -4.67. The van der Waals surface area contributed by atoms with E-state index in [0.29, 0.717) is 29.3 Å². The fraction of sp³-hybridized carbons (Fsp3) is 0.286. The average Bonchev–Trinajstić information content (AvgIpc) is 3.76. The smallest absolute Gasteiger partial charge is 0.254 e. The normalized spacial score (nSPS) is 15.6. The number of aryl methyl sites for hydroxylation is 1. The Bertz CT molecular complexity index is 1960. The Balaban J connectivity index is 1.08. The van der Waals surface area contributed by atoms with Gasteiger partial charge in [-0.25, -0.2) is 9.50 Å². The number of likely N-dealkylation sites (N-methyl/N-ethyl adjacent to an activating group) is 1. The molecule has 0 N–H and O–H groups in total. The van der Waals surface area contributed by atoms with E-state index >= 15 is 0 Å². The average molecular weight is 622 g/mol. The van der Waals surface area contributed by atoms with E-state index in [2.05, 4.69) is 23.8 Å². The molecule has 1 saturated heterocycles. The van der Waals surface area contributed by atoms with E-state index in [9.17, 15) is 4.79 Å². The SMILES string of the molecule is CCN1CCN(C(=O)c2ccc(-c3cccc(OCc4cc(OC)cc5oc(-c6cn7nc(C)sc7n6)cc45)c3)cc2)[C@H](C)C1. The van der Waals surface area contributed by atoms with Gasteiger partial charge < -0.3 is 18.8 Å². The van der Waals surface area contributed by atoms with Gasteiger partial charge in [0.1, 0.15) is 34.4 Å². The summed E-state index contributed by atoms with van der Waals surface area (Å²) >= 11 is 1.54. The van der Waals surface area contributed by atoms with Crippen molar-refractivity contribution in [2.45, 2.75) is 33.4 Å². The highest BCUT2D eigenvalue weighted by Gasteiger charge is 2.27. The summed E-state index contributed by atoms with van der Waals surface area (Å²) in [6, 6.07) is 21.9. The number of fused-ring (bicyclic) bond motifs is 2. The minimum absolute atomic E-state index is 0.0911. The number of carbonyl (C=O) groups excluding carboxylic acids is 1. The molecule has 0 bridgehead atoms. The summed E-state index contributed by atoms with van der Waals surface area (Å²) in [6.07, 6.45) is 1.88. The minimum atomic E-state index is 0.0911. The summed E-state index contributed by atoms with van der Waals surface area (Å²) in [6.45, 7) is 10.2. The van der Waals surface area contributed by atoms with Crippen LogP contribution in [-0.2, 0) is 6.61 Å². The predicted octanol–water partition coefficient (Wildman–Crippen LogP) is 6.93. The summed E-state index contributed by atoms with van der Waals surface area (Å²) < 4.78 is 19.9. The van der Waals surface area contributed by atoms with Crippen LogP contribution in [0.2, 0.25) is 0 Å². The lowest BCUT2D eigenvalue weighted by atomic mass is 10.0. The van der Waals surface area contributed by atoms with Crippen LogP contribution in [-0.4, -0.2) is 69.6 Å². The van der Waals surface area contributed by atoms with Crippen molar-refractivity contribution in [2.24, 2.45) is 0 Å². The second kappa shape index (κ2) is 12.0. The van der Waals surface area contributed by atoms with Gasteiger partial charge in [-0.15, -0.1) is 0 Å². The lowest BCUT2D eigenvalue weighted by Gasteiger charge is -2.39. The molecular weight excluding hydrogens is 586 g/mol. The molecule has 1 amide bonds. The molecule has 3 aromatic heterocycles. The van der Waals surface area contributed by atoms with Crippen molar-refractivity contribution in [1.29, 1.82) is 0 Å². The summed E-state index contributed by atoms with van der Waals surface area (Å²) in [7, 11) is 1.64. The first-order chi connectivity index (χ1) is 21.9. The highest BCUT2D eigenvalue weighted by Crippen LogP contribution is 2.34. The molecule has 0 radical (unpaired) electrons. The number of benzene rings is 3. The Labute approximate surface area is 265 Å². The Morgan fingerprint density at radius 1 is 1.04 bits per heavy atom. The van der Waals surface area contributed by atoms with E-state index in [0.717, 1.165) is 69.7 Å². The van der Waals surface area contributed by atoms with Crippen molar-refractivity contribution in [3.05, 3.63) is 89.1 Å². The monoisotopic (exact) mass is 621 g/mol. The molecule has 6 aromatic rings. The number of piperazine rings is 1. The second-order valence-corrected chi connectivity index (χ2v) is 12.6. The van der Waals surface area contributed by atoms with Crippen LogP contribution in [0.3, 0.4) is 0 Å². The number of aromatic nitrogens is 3. The van der Waals surface area contributed by atoms with Gasteiger partial charge in [0.15, 0.2) is 5.76 Å². The molecule has 3 aromatic carbocycles. The van der Waals surface area contributed by atoms with Gasteiger partial charge in [0, 0.05) is 48.3 Å². The predicted molar refractivity (Wildman–Crippen MR) is 176 cm³/mol. The van der Waals surface area contributed by atoms with E-state index in [-0.39, 0.29) is 11.9 Å². The van der Waals surface area contributed by atoms with Crippen molar-refractivity contribution in [3.63, 3.8) is 0 Å². The number of methoxy groups -OCH3 is 1. The Morgan fingerprint density at radius 2 is 1.89 bits per heavy atom. The third-order valence-electron chi connectivity index (χ3n) is 8.44. The lowest BCUT2D eigenvalue weighted by molar-refractivity contribution is 0.0499. The van der Waals surface area contributed by atoms with Gasteiger partial charge in [-0.1, -0.05) is 42.5 Å². The maximum atomic E-state index is 13.3.